The van der Waals surface area contributed by atoms with Gasteiger partial charge in [0.25, 0.3) is 5.91 Å². The van der Waals surface area contributed by atoms with Crippen molar-refractivity contribution in [3.05, 3.63) is 12.4 Å². The topological polar surface area (TPSA) is 84.7 Å². The first-order valence-corrected chi connectivity index (χ1v) is 6.18. The lowest BCUT2D eigenvalue weighted by molar-refractivity contribution is -0.146. The van der Waals surface area contributed by atoms with Gasteiger partial charge < -0.3 is 14.7 Å². The SMILES string of the molecule is Cn1cc(OCC(=O)N2CCC(C(=O)O)CC2)cn1. The fraction of sp³-hybridized carbons (Fsp3) is 0.583. The Labute approximate surface area is 110 Å². The maximum absolute atomic E-state index is 11.9. The molecule has 0 aromatic carbocycles. The van der Waals surface area contributed by atoms with E-state index in [-0.39, 0.29) is 18.4 Å². The van der Waals surface area contributed by atoms with Gasteiger partial charge in [0.05, 0.1) is 18.3 Å². The summed E-state index contributed by atoms with van der Waals surface area (Å²) in [4.78, 5) is 24.3. The van der Waals surface area contributed by atoms with Crippen LogP contribution >= 0.6 is 0 Å². The molecule has 7 heteroatoms. The lowest BCUT2D eigenvalue weighted by atomic mass is 9.97. The molecule has 1 aromatic rings. The summed E-state index contributed by atoms with van der Waals surface area (Å²) in [6, 6.07) is 0. The van der Waals surface area contributed by atoms with Crippen molar-refractivity contribution in [3.8, 4) is 5.75 Å². The number of aryl methyl sites for hydroxylation is 1. The number of aliphatic carboxylic acids is 1. The number of carbonyl (C=O) groups is 2. The van der Waals surface area contributed by atoms with Crippen molar-refractivity contribution in [2.75, 3.05) is 19.7 Å². The second-order valence-corrected chi connectivity index (χ2v) is 4.63. The Morgan fingerprint density at radius 2 is 2.16 bits per heavy atom. The number of aromatic nitrogens is 2. The smallest absolute Gasteiger partial charge is 0.306 e. The van der Waals surface area contributed by atoms with Gasteiger partial charge in [-0.05, 0) is 12.8 Å². The van der Waals surface area contributed by atoms with E-state index in [2.05, 4.69) is 5.10 Å². The summed E-state index contributed by atoms with van der Waals surface area (Å²) in [7, 11) is 1.77. The van der Waals surface area contributed by atoms with E-state index >= 15 is 0 Å². The highest BCUT2D eigenvalue weighted by Gasteiger charge is 2.27. The quantitative estimate of drug-likeness (QED) is 0.837. The number of carboxylic acids is 1. The molecule has 19 heavy (non-hydrogen) atoms. The molecule has 7 nitrogen and oxygen atoms in total. The van der Waals surface area contributed by atoms with E-state index in [0.29, 0.717) is 31.7 Å². The monoisotopic (exact) mass is 267 g/mol. The first-order valence-electron chi connectivity index (χ1n) is 6.18. The van der Waals surface area contributed by atoms with Crippen LogP contribution in [0.3, 0.4) is 0 Å². The second kappa shape index (κ2) is 5.73. The average Bonchev–Trinajstić information content (AvgIpc) is 2.82. The van der Waals surface area contributed by atoms with E-state index in [4.69, 9.17) is 9.84 Å². The molecule has 1 aliphatic heterocycles. The molecule has 0 aliphatic carbocycles. The Kier molecular flexibility index (Phi) is 4.03. The summed E-state index contributed by atoms with van der Waals surface area (Å²) >= 11 is 0. The third-order valence-electron chi connectivity index (χ3n) is 3.24. The van der Waals surface area contributed by atoms with Gasteiger partial charge in [-0.25, -0.2) is 0 Å². The van der Waals surface area contributed by atoms with Gasteiger partial charge in [-0.3, -0.25) is 14.3 Å². The summed E-state index contributed by atoms with van der Waals surface area (Å²) < 4.78 is 6.92. The van der Waals surface area contributed by atoms with Gasteiger partial charge in [-0.2, -0.15) is 5.10 Å². The molecule has 1 aliphatic rings. The molecule has 0 bridgehead atoms. The van der Waals surface area contributed by atoms with Gasteiger partial charge in [0, 0.05) is 20.1 Å². The largest absolute Gasteiger partial charge is 0.481 e. The van der Waals surface area contributed by atoms with E-state index in [0.717, 1.165) is 0 Å². The van der Waals surface area contributed by atoms with Crippen LogP contribution in [-0.2, 0) is 16.6 Å². The molecule has 0 radical (unpaired) electrons. The van der Waals surface area contributed by atoms with Crippen molar-refractivity contribution >= 4 is 11.9 Å². The molecule has 0 saturated carbocycles. The molecule has 1 saturated heterocycles. The molecule has 1 fully saturated rings. The minimum Gasteiger partial charge on any atom is -0.481 e. The Bertz CT molecular complexity index is 463. The van der Waals surface area contributed by atoms with E-state index in [9.17, 15) is 9.59 Å². The van der Waals surface area contributed by atoms with Crippen LogP contribution < -0.4 is 4.74 Å². The van der Waals surface area contributed by atoms with E-state index in [1.54, 1.807) is 29.0 Å². The minimum atomic E-state index is -0.779. The normalized spacial score (nSPS) is 16.4. The van der Waals surface area contributed by atoms with Crippen LogP contribution in [0.2, 0.25) is 0 Å². The van der Waals surface area contributed by atoms with Crippen LogP contribution in [-0.4, -0.2) is 51.4 Å². The zero-order valence-corrected chi connectivity index (χ0v) is 10.8. The summed E-state index contributed by atoms with van der Waals surface area (Å²) in [5, 5.41) is 12.8. The van der Waals surface area contributed by atoms with Crippen molar-refractivity contribution in [2.45, 2.75) is 12.8 Å². The highest BCUT2D eigenvalue weighted by molar-refractivity contribution is 5.78. The number of nitrogens with zero attached hydrogens (tertiary/aromatic N) is 3. The maximum Gasteiger partial charge on any atom is 0.306 e. The molecule has 104 valence electrons. The zero-order valence-electron chi connectivity index (χ0n) is 10.8. The molecule has 1 amide bonds. The Morgan fingerprint density at radius 1 is 1.47 bits per heavy atom. The van der Waals surface area contributed by atoms with Crippen molar-refractivity contribution in [3.63, 3.8) is 0 Å². The zero-order chi connectivity index (χ0) is 13.8. The molecule has 2 rings (SSSR count). The van der Waals surface area contributed by atoms with E-state index in [1.807, 2.05) is 0 Å². The first-order chi connectivity index (χ1) is 9.06. The van der Waals surface area contributed by atoms with Crippen LogP contribution in [0.25, 0.3) is 0 Å². The number of carbonyl (C=O) groups excluding carboxylic acids is 1. The molecular formula is C12H17N3O4. The third kappa shape index (κ3) is 3.46. The van der Waals surface area contributed by atoms with Crippen LogP contribution in [0.1, 0.15) is 12.8 Å². The predicted molar refractivity (Wildman–Crippen MR) is 65.6 cm³/mol. The van der Waals surface area contributed by atoms with E-state index in [1.165, 1.54) is 0 Å². The second-order valence-electron chi connectivity index (χ2n) is 4.63. The van der Waals surface area contributed by atoms with Crippen molar-refractivity contribution < 1.29 is 19.4 Å². The highest BCUT2D eigenvalue weighted by atomic mass is 16.5. The maximum atomic E-state index is 11.9. The first kappa shape index (κ1) is 13.4. The van der Waals surface area contributed by atoms with Crippen LogP contribution in [0.4, 0.5) is 0 Å². The number of carboxylic acid groups (broad SMARTS) is 1. The van der Waals surface area contributed by atoms with E-state index < -0.39 is 5.97 Å². The number of piperidine rings is 1. The number of rotatable bonds is 4. The standard InChI is InChI=1S/C12H17N3O4/c1-14-7-10(6-13-14)19-8-11(16)15-4-2-9(3-5-15)12(17)18/h6-7,9H,2-5,8H2,1H3,(H,17,18). The van der Waals surface area contributed by atoms with Crippen molar-refractivity contribution in [2.24, 2.45) is 13.0 Å². The summed E-state index contributed by atoms with van der Waals surface area (Å²) in [5.41, 5.74) is 0. The predicted octanol–water partition coefficient (Wildman–Crippen LogP) is 0.122. The van der Waals surface area contributed by atoms with Crippen molar-refractivity contribution in [1.29, 1.82) is 0 Å². The third-order valence-corrected chi connectivity index (χ3v) is 3.24. The molecule has 1 aromatic heterocycles. The Hall–Kier alpha value is -2.05. The lowest BCUT2D eigenvalue weighted by Crippen LogP contribution is -2.42. The van der Waals surface area contributed by atoms with Crippen LogP contribution in [0, 0.1) is 5.92 Å². The molecule has 2 heterocycles. The molecule has 0 unspecified atom stereocenters. The fourth-order valence-corrected chi connectivity index (χ4v) is 2.09. The lowest BCUT2D eigenvalue weighted by Gasteiger charge is -2.29. The number of hydrogen-bond acceptors (Lipinski definition) is 4. The Balaban J connectivity index is 1.77. The molecule has 0 spiro atoms. The summed E-state index contributed by atoms with van der Waals surface area (Å²) in [6.45, 7) is 0.918. The fourth-order valence-electron chi connectivity index (χ4n) is 2.09. The van der Waals surface area contributed by atoms with Crippen LogP contribution in [0.5, 0.6) is 5.75 Å². The van der Waals surface area contributed by atoms with Gasteiger partial charge in [-0.15, -0.1) is 0 Å². The van der Waals surface area contributed by atoms with Gasteiger partial charge >= 0.3 is 5.97 Å². The average molecular weight is 267 g/mol. The molecule has 0 atom stereocenters. The minimum absolute atomic E-state index is 0.0383. The summed E-state index contributed by atoms with van der Waals surface area (Å²) in [5.74, 6) is -0.675. The Morgan fingerprint density at radius 3 is 2.68 bits per heavy atom. The van der Waals surface area contributed by atoms with Gasteiger partial charge in [0.2, 0.25) is 0 Å². The van der Waals surface area contributed by atoms with Crippen molar-refractivity contribution in [1.82, 2.24) is 14.7 Å². The number of likely N-dealkylation sites (tertiary alicyclic amines) is 1. The van der Waals surface area contributed by atoms with Gasteiger partial charge in [-0.1, -0.05) is 0 Å². The van der Waals surface area contributed by atoms with Crippen LogP contribution in [0.15, 0.2) is 12.4 Å². The number of ether oxygens (including phenoxy) is 1. The van der Waals surface area contributed by atoms with Gasteiger partial charge in [0.1, 0.15) is 0 Å². The number of hydrogen-bond donors (Lipinski definition) is 1. The summed E-state index contributed by atoms with van der Waals surface area (Å²) in [6.07, 6.45) is 4.25. The number of amides is 1. The molecule has 1 N–H and O–H groups in total. The van der Waals surface area contributed by atoms with Gasteiger partial charge in [0.15, 0.2) is 12.4 Å². The highest BCUT2D eigenvalue weighted by Crippen LogP contribution is 2.17. The molecular weight excluding hydrogens is 250 g/mol.